The maximum Gasteiger partial charge on any atom is 0.306 e. The van der Waals surface area contributed by atoms with Crippen LogP contribution in [0.2, 0.25) is 0 Å². The van der Waals surface area contributed by atoms with Crippen LogP contribution in [0.5, 0.6) is 5.75 Å². The molecule has 92 valence electrons. The summed E-state index contributed by atoms with van der Waals surface area (Å²) in [6, 6.07) is 6.17. The van der Waals surface area contributed by atoms with Gasteiger partial charge in [0.15, 0.2) is 0 Å². The third kappa shape index (κ3) is 2.99. The van der Waals surface area contributed by atoms with Crippen molar-refractivity contribution < 1.29 is 14.3 Å². The van der Waals surface area contributed by atoms with Gasteiger partial charge in [0.05, 0.1) is 13.2 Å². The predicted octanol–water partition coefficient (Wildman–Crippen LogP) is 2.51. The zero-order chi connectivity index (χ0) is 12.1. The average Bonchev–Trinajstić information content (AvgIpc) is 2.36. The minimum absolute atomic E-state index is 0.138. The molecule has 0 bridgehead atoms. The lowest BCUT2D eigenvalue weighted by atomic mass is 10.00. The number of aryl methyl sites for hydroxylation is 2. The molecule has 0 amide bonds. The van der Waals surface area contributed by atoms with Crippen molar-refractivity contribution in [3.8, 4) is 5.75 Å². The van der Waals surface area contributed by atoms with Gasteiger partial charge in [-0.15, -0.1) is 0 Å². The van der Waals surface area contributed by atoms with Crippen LogP contribution >= 0.6 is 0 Å². The molecule has 0 saturated carbocycles. The lowest BCUT2D eigenvalue weighted by Gasteiger charge is -2.20. The van der Waals surface area contributed by atoms with Gasteiger partial charge in [0.1, 0.15) is 5.75 Å². The molecule has 3 heteroatoms. The highest BCUT2D eigenvalue weighted by Gasteiger charge is 2.14. The fraction of sp³-hybridized carbons (Fsp3) is 0.500. The van der Waals surface area contributed by atoms with Gasteiger partial charge in [-0.25, -0.2) is 0 Å². The highest BCUT2D eigenvalue weighted by atomic mass is 16.5. The summed E-state index contributed by atoms with van der Waals surface area (Å²) in [6.45, 7) is 3.05. The topological polar surface area (TPSA) is 35.5 Å². The van der Waals surface area contributed by atoms with Crippen LogP contribution in [0.15, 0.2) is 18.2 Å². The van der Waals surface area contributed by atoms with Crippen LogP contribution in [0, 0.1) is 0 Å². The Morgan fingerprint density at radius 2 is 2.35 bits per heavy atom. The predicted molar refractivity (Wildman–Crippen MR) is 65.2 cm³/mol. The van der Waals surface area contributed by atoms with E-state index in [4.69, 9.17) is 9.47 Å². The summed E-state index contributed by atoms with van der Waals surface area (Å²) < 4.78 is 10.6. The molecule has 0 aromatic heterocycles. The zero-order valence-corrected chi connectivity index (χ0v) is 10.2. The molecule has 3 nitrogen and oxygen atoms in total. The second-order valence-electron chi connectivity index (χ2n) is 4.16. The number of fused-ring (bicyclic) bond motifs is 1. The number of benzene rings is 1. The Balaban J connectivity index is 2.03. The van der Waals surface area contributed by atoms with Gasteiger partial charge in [-0.2, -0.15) is 0 Å². The molecule has 1 heterocycles. The molecule has 0 unspecified atom stereocenters. The van der Waals surface area contributed by atoms with Gasteiger partial charge < -0.3 is 9.47 Å². The molecule has 1 aromatic carbocycles. The monoisotopic (exact) mass is 234 g/mol. The second-order valence-corrected chi connectivity index (χ2v) is 4.16. The normalized spacial score (nSPS) is 13.7. The second kappa shape index (κ2) is 5.71. The van der Waals surface area contributed by atoms with Crippen molar-refractivity contribution >= 4 is 5.97 Å². The SMILES string of the molecule is CCOC(=O)CCc1cccc2c1OCCC2. The highest BCUT2D eigenvalue weighted by Crippen LogP contribution is 2.29. The molecule has 1 aliphatic heterocycles. The fourth-order valence-corrected chi connectivity index (χ4v) is 2.12. The van der Waals surface area contributed by atoms with Gasteiger partial charge in [-0.05, 0) is 37.3 Å². The largest absolute Gasteiger partial charge is 0.493 e. The van der Waals surface area contributed by atoms with E-state index in [1.165, 1.54) is 5.56 Å². The smallest absolute Gasteiger partial charge is 0.306 e. The van der Waals surface area contributed by atoms with E-state index >= 15 is 0 Å². The van der Waals surface area contributed by atoms with Crippen molar-refractivity contribution in [3.63, 3.8) is 0 Å². The molecule has 0 radical (unpaired) electrons. The van der Waals surface area contributed by atoms with Gasteiger partial charge in [0.2, 0.25) is 0 Å². The van der Waals surface area contributed by atoms with Gasteiger partial charge in [0.25, 0.3) is 0 Å². The number of hydrogen-bond acceptors (Lipinski definition) is 3. The van der Waals surface area contributed by atoms with E-state index in [-0.39, 0.29) is 5.97 Å². The summed E-state index contributed by atoms with van der Waals surface area (Å²) in [4.78, 5) is 11.3. The Morgan fingerprint density at radius 1 is 1.47 bits per heavy atom. The van der Waals surface area contributed by atoms with Crippen LogP contribution in [0.4, 0.5) is 0 Å². The van der Waals surface area contributed by atoms with Crippen LogP contribution in [0.1, 0.15) is 30.9 Å². The summed E-state index contributed by atoms with van der Waals surface area (Å²) in [5.41, 5.74) is 2.38. The number of rotatable bonds is 4. The van der Waals surface area contributed by atoms with Gasteiger partial charge in [-0.1, -0.05) is 18.2 Å². The highest BCUT2D eigenvalue weighted by molar-refractivity contribution is 5.69. The van der Waals surface area contributed by atoms with Gasteiger partial charge in [0, 0.05) is 6.42 Å². The first-order valence-electron chi connectivity index (χ1n) is 6.20. The number of carbonyl (C=O) groups is 1. The fourth-order valence-electron chi connectivity index (χ4n) is 2.12. The van der Waals surface area contributed by atoms with Crippen LogP contribution in [-0.4, -0.2) is 19.2 Å². The van der Waals surface area contributed by atoms with E-state index < -0.39 is 0 Å². The van der Waals surface area contributed by atoms with E-state index in [1.807, 2.05) is 19.1 Å². The van der Waals surface area contributed by atoms with Crippen molar-refractivity contribution in [2.45, 2.75) is 32.6 Å². The third-order valence-electron chi connectivity index (χ3n) is 2.92. The molecule has 0 saturated heterocycles. The lowest BCUT2D eigenvalue weighted by molar-refractivity contribution is -0.143. The summed E-state index contributed by atoms with van der Waals surface area (Å²) >= 11 is 0. The molecule has 0 atom stereocenters. The maximum atomic E-state index is 11.3. The van der Waals surface area contributed by atoms with Crippen molar-refractivity contribution in [1.29, 1.82) is 0 Å². The summed E-state index contributed by atoms with van der Waals surface area (Å²) in [6.07, 6.45) is 3.27. The summed E-state index contributed by atoms with van der Waals surface area (Å²) in [7, 11) is 0. The average molecular weight is 234 g/mol. The van der Waals surface area contributed by atoms with Gasteiger partial charge in [-0.3, -0.25) is 4.79 Å². The number of ether oxygens (including phenoxy) is 2. The van der Waals surface area contributed by atoms with Crippen molar-refractivity contribution in [2.24, 2.45) is 0 Å². The molecule has 0 spiro atoms. The number of para-hydroxylation sites is 1. The Morgan fingerprint density at radius 3 is 3.18 bits per heavy atom. The van der Waals surface area contributed by atoms with Crippen LogP contribution in [0.25, 0.3) is 0 Å². The maximum absolute atomic E-state index is 11.3. The number of carbonyl (C=O) groups excluding carboxylic acids is 1. The molecule has 0 fully saturated rings. The third-order valence-corrected chi connectivity index (χ3v) is 2.92. The van der Waals surface area contributed by atoms with E-state index in [9.17, 15) is 4.79 Å². The lowest BCUT2D eigenvalue weighted by Crippen LogP contribution is -2.11. The van der Waals surface area contributed by atoms with E-state index in [1.54, 1.807) is 0 Å². The number of hydrogen-bond donors (Lipinski definition) is 0. The van der Waals surface area contributed by atoms with Crippen molar-refractivity contribution in [2.75, 3.05) is 13.2 Å². The van der Waals surface area contributed by atoms with Crippen molar-refractivity contribution in [3.05, 3.63) is 29.3 Å². The Labute approximate surface area is 102 Å². The van der Waals surface area contributed by atoms with Gasteiger partial charge >= 0.3 is 5.97 Å². The first-order valence-corrected chi connectivity index (χ1v) is 6.20. The number of esters is 1. The first-order chi connectivity index (χ1) is 8.31. The standard InChI is InChI=1S/C14H18O3/c1-2-16-13(15)9-8-12-6-3-5-11-7-4-10-17-14(11)12/h3,5-6H,2,4,7-10H2,1H3. The Kier molecular flexibility index (Phi) is 4.02. The summed E-state index contributed by atoms with van der Waals surface area (Å²) in [5.74, 6) is 0.851. The van der Waals surface area contributed by atoms with Crippen LogP contribution in [-0.2, 0) is 22.4 Å². The molecule has 1 aromatic rings. The van der Waals surface area contributed by atoms with E-state index in [0.717, 1.165) is 30.8 Å². The Bertz CT molecular complexity index is 398. The molecule has 0 aliphatic carbocycles. The van der Waals surface area contributed by atoms with E-state index in [0.29, 0.717) is 19.4 Å². The quantitative estimate of drug-likeness (QED) is 0.751. The molecule has 0 N–H and O–H groups in total. The minimum atomic E-state index is -0.138. The molecule has 17 heavy (non-hydrogen) atoms. The van der Waals surface area contributed by atoms with Crippen LogP contribution < -0.4 is 4.74 Å². The van der Waals surface area contributed by atoms with Crippen LogP contribution in [0.3, 0.4) is 0 Å². The molecule has 1 aliphatic rings. The molecular formula is C14H18O3. The molecule has 2 rings (SSSR count). The van der Waals surface area contributed by atoms with Crippen molar-refractivity contribution in [1.82, 2.24) is 0 Å². The zero-order valence-electron chi connectivity index (χ0n) is 10.2. The minimum Gasteiger partial charge on any atom is -0.493 e. The first kappa shape index (κ1) is 12.0. The Hall–Kier alpha value is -1.51. The summed E-state index contributed by atoms with van der Waals surface area (Å²) in [5, 5.41) is 0. The molecular weight excluding hydrogens is 216 g/mol. The van der Waals surface area contributed by atoms with E-state index in [2.05, 4.69) is 6.07 Å².